The normalized spacial score (nSPS) is 10.4. The van der Waals surface area contributed by atoms with Crippen LogP contribution in [0.25, 0.3) is 11.0 Å². The second-order valence-electron chi connectivity index (χ2n) is 7.64. The summed E-state index contributed by atoms with van der Waals surface area (Å²) in [5, 5.41) is 2.68. The fraction of sp³-hybridized carbons (Fsp3) is 0.381. The molecule has 0 bridgehead atoms. The van der Waals surface area contributed by atoms with E-state index in [9.17, 15) is 9.59 Å². The molecule has 0 aliphatic rings. The minimum Gasteiger partial charge on any atom is -1.00 e. The van der Waals surface area contributed by atoms with E-state index in [0.29, 0.717) is 31.3 Å². The van der Waals surface area contributed by atoms with Crippen LogP contribution in [0.3, 0.4) is 0 Å². The van der Waals surface area contributed by atoms with Crippen molar-refractivity contribution >= 4 is 58.5 Å². The van der Waals surface area contributed by atoms with Gasteiger partial charge >= 0.3 is 0 Å². The molecule has 2 aromatic heterocycles. The van der Waals surface area contributed by atoms with E-state index in [-0.39, 0.29) is 66.3 Å². The molecule has 0 radical (unpaired) electrons. The Hall–Kier alpha value is -3.06. The van der Waals surface area contributed by atoms with Crippen molar-refractivity contribution < 1.29 is 31.3 Å². The molecule has 3 rings (SSSR count). The minimum absolute atomic E-state index is 0. The topological polar surface area (TPSA) is 171 Å². The number of aryl methyl sites for hydroxylation is 1. The van der Waals surface area contributed by atoms with Gasteiger partial charge in [0.1, 0.15) is 18.9 Å². The molecule has 15 heteroatoms. The summed E-state index contributed by atoms with van der Waals surface area (Å²) in [5.41, 5.74) is 18.5. The number of nitrogens with two attached hydrogens (primary N) is 3. The van der Waals surface area contributed by atoms with Crippen LogP contribution in [0.5, 0.6) is 5.75 Å². The Morgan fingerprint density at radius 3 is 2.53 bits per heavy atom. The number of carbonyl (C=O) groups excluding carboxylic acids is 2. The minimum atomic E-state index is -0.572. The standard InChI is InChI=1S/C21H28ClN9O3.2ClH/c1-4-30-14-9-12(34-8-7-23)5-6-13(14)31(11-16(32)29(2)3)15(30)10-26-21(33)17-19(24)28-20(25)18(22)27-17;;/h5-6,9H,4,7-8,10-11,23H2,1-3H3,(H4-,24,25,26,28,33);2*1H. The Balaban J connectivity index is 0.00000324. The number of hydrogen-bond donors (Lipinski definition) is 4. The Morgan fingerprint density at radius 1 is 1.22 bits per heavy atom. The van der Waals surface area contributed by atoms with Crippen molar-refractivity contribution in [3.8, 4) is 5.75 Å². The predicted octanol–water partition coefficient (Wildman–Crippen LogP) is -2.66. The molecule has 0 unspecified atom stereocenters. The number of anilines is 2. The number of aromatic nitrogens is 4. The van der Waals surface area contributed by atoms with Crippen molar-refractivity contribution in [1.82, 2.24) is 24.8 Å². The highest BCUT2D eigenvalue weighted by atomic mass is 35.5. The van der Waals surface area contributed by atoms with Crippen LogP contribution < -0.4 is 44.2 Å². The van der Waals surface area contributed by atoms with Crippen LogP contribution in [0.1, 0.15) is 23.2 Å². The molecular formula is C21H30Cl3N9O3. The summed E-state index contributed by atoms with van der Waals surface area (Å²) in [7, 11) is 3.38. The van der Waals surface area contributed by atoms with Gasteiger partial charge in [-0.05, 0) is 19.1 Å². The maximum atomic E-state index is 12.8. The number of nitrogens with zero attached hydrogens (tertiary/aromatic N) is 5. The molecule has 2 amide bonds. The number of amides is 2. The van der Waals surface area contributed by atoms with Crippen LogP contribution >= 0.6 is 24.0 Å². The van der Waals surface area contributed by atoms with Crippen LogP contribution in [0.2, 0.25) is 5.15 Å². The number of ether oxygens (including phenoxy) is 1. The Bertz CT molecular complexity index is 1230. The van der Waals surface area contributed by atoms with Gasteiger partial charge in [-0.3, -0.25) is 9.59 Å². The molecule has 2 heterocycles. The third-order valence-electron chi connectivity index (χ3n) is 5.17. The summed E-state index contributed by atoms with van der Waals surface area (Å²) < 4.78 is 9.54. The molecule has 0 saturated carbocycles. The largest absolute Gasteiger partial charge is 1.00 e. The van der Waals surface area contributed by atoms with Gasteiger partial charge in [0, 0.05) is 26.7 Å². The van der Waals surface area contributed by atoms with Gasteiger partial charge in [0.2, 0.25) is 0 Å². The summed E-state index contributed by atoms with van der Waals surface area (Å²) in [6.45, 7) is 3.50. The summed E-state index contributed by atoms with van der Waals surface area (Å²) in [6.07, 6.45) is 0. The molecule has 0 aliphatic carbocycles. The van der Waals surface area contributed by atoms with Crippen molar-refractivity contribution in [2.45, 2.75) is 26.6 Å². The van der Waals surface area contributed by atoms with Gasteiger partial charge in [0.05, 0.1) is 6.54 Å². The first-order valence-electron chi connectivity index (χ1n) is 10.6. The number of rotatable bonds is 9. The van der Waals surface area contributed by atoms with Crippen molar-refractivity contribution in [3.63, 3.8) is 0 Å². The Kier molecular flexibility index (Phi) is 11.4. The second-order valence-corrected chi connectivity index (χ2v) is 8.00. The third kappa shape index (κ3) is 6.58. The lowest BCUT2D eigenvalue weighted by Gasteiger charge is -2.11. The van der Waals surface area contributed by atoms with Gasteiger partial charge in [-0.2, -0.15) is 0 Å². The smallest absolute Gasteiger partial charge is 0.277 e. The molecule has 36 heavy (non-hydrogen) atoms. The van der Waals surface area contributed by atoms with E-state index < -0.39 is 5.91 Å². The van der Waals surface area contributed by atoms with Gasteiger partial charge in [-0.15, -0.1) is 12.4 Å². The Morgan fingerprint density at radius 2 is 1.92 bits per heavy atom. The quantitative estimate of drug-likeness (QED) is 0.205. The molecule has 0 saturated heterocycles. The Labute approximate surface area is 225 Å². The molecule has 7 N–H and O–H groups in total. The lowest BCUT2D eigenvalue weighted by atomic mass is 10.3. The molecule has 1 aromatic carbocycles. The number of halogens is 3. The molecule has 198 valence electrons. The molecular weight excluding hydrogens is 533 g/mol. The van der Waals surface area contributed by atoms with Crippen molar-refractivity contribution in [2.75, 3.05) is 38.7 Å². The molecule has 0 atom stereocenters. The summed E-state index contributed by atoms with van der Waals surface area (Å²) in [4.78, 5) is 34.7. The fourth-order valence-electron chi connectivity index (χ4n) is 3.49. The van der Waals surface area contributed by atoms with Crippen molar-refractivity contribution in [2.24, 2.45) is 5.73 Å². The zero-order valence-corrected chi connectivity index (χ0v) is 22.5. The molecule has 0 spiro atoms. The van der Waals surface area contributed by atoms with E-state index in [2.05, 4.69) is 15.3 Å². The maximum Gasteiger partial charge on any atom is 0.277 e. The van der Waals surface area contributed by atoms with Crippen LogP contribution in [0, 0.1) is 0 Å². The van der Waals surface area contributed by atoms with Gasteiger partial charge in [-0.25, -0.2) is 19.1 Å². The van der Waals surface area contributed by atoms with Crippen LogP contribution in [-0.4, -0.2) is 58.5 Å². The van der Waals surface area contributed by atoms with E-state index in [1.54, 1.807) is 14.1 Å². The van der Waals surface area contributed by atoms with E-state index in [1.807, 2.05) is 34.3 Å². The van der Waals surface area contributed by atoms with Crippen molar-refractivity contribution in [1.29, 1.82) is 0 Å². The fourth-order valence-corrected chi connectivity index (χ4v) is 3.61. The first-order valence-corrected chi connectivity index (χ1v) is 11.0. The highest BCUT2D eigenvalue weighted by Crippen LogP contribution is 2.22. The number of benzene rings is 1. The predicted molar refractivity (Wildman–Crippen MR) is 135 cm³/mol. The van der Waals surface area contributed by atoms with Crippen LogP contribution in [-0.2, 0) is 24.4 Å². The zero-order chi connectivity index (χ0) is 25.0. The van der Waals surface area contributed by atoms with E-state index in [4.69, 9.17) is 33.5 Å². The lowest BCUT2D eigenvalue weighted by Crippen LogP contribution is -3.00. The van der Waals surface area contributed by atoms with Gasteiger partial charge < -0.3 is 44.6 Å². The number of carbonyl (C=O) groups is 2. The van der Waals surface area contributed by atoms with Gasteiger partial charge in [0.25, 0.3) is 17.6 Å². The molecule has 0 aliphatic heterocycles. The van der Waals surface area contributed by atoms with Gasteiger partial charge in [-0.1, -0.05) is 11.6 Å². The first kappa shape index (κ1) is 31.0. The first-order chi connectivity index (χ1) is 16.2. The number of hydrogen-bond acceptors (Lipinski definition) is 8. The van der Waals surface area contributed by atoms with Crippen molar-refractivity contribution in [3.05, 3.63) is 34.9 Å². The average molecular weight is 563 g/mol. The molecule has 0 fully saturated rings. The molecule has 3 aromatic rings. The third-order valence-corrected chi connectivity index (χ3v) is 5.45. The van der Waals surface area contributed by atoms with Crippen LogP contribution in [0.15, 0.2) is 18.2 Å². The number of imidazole rings is 1. The van der Waals surface area contributed by atoms with E-state index >= 15 is 0 Å². The monoisotopic (exact) mass is 561 g/mol. The number of fused-ring (bicyclic) bond motifs is 1. The van der Waals surface area contributed by atoms with Crippen LogP contribution in [0.4, 0.5) is 11.6 Å². The summed E-state index contributed by atoms with van der Waals surface area (Å²) in [6, 6.07) is 5.59. The number of likely N-dealkylation sites (N-methyl/N-ethyl adjacent to an activating group) is 1. The zero-order valence-electron chi connectivity index (χ0n) is 20.1. The maximum absolute atomic E-state index is 12.8. The van der Waals surface area contributed by atoms with E-state index in [0.717, 1.165) is 11.0 Å². The summed E-state index contributed by atoms with van der Waals surface area (Å²) >= 11 is 5.91. The van der Waals surface area contributed by atoms with Gasteiger partial charge in [0.15, 0.2) is 40.1 Å². The number of nitrogen functional groups attached to an aromatic ring is 2. The number of nitrogens with one attached hydrogen (secondary N) is 1. The highest BCUT2D eigenvalue weighted by Gasteiger charge is 2.28. The lowest BCUT2D eigenvalue weighted by molar-refractivity contribution is -0.668. The summed E-state index contributed by atoms with van der Waals surface area (Å²) in [5.74, 6) is 0.493. The second kappa shape index (κ2) is 13.3. The average Bonchev–Trinajstić information content (AvgIpc) is 3.09. The van der Waals surface area contributed by atoms with E-state index in [1.165, 1.54) is 4.90 Å². The SMILES string of the molecule is CCn1c(CNC(=O)c2nc(Cl)c(N)nc2N)[n+](CC(=O)N(C)C)c2ccc(OCCN)cc21.Cl.[Cl-]. The highest BCUT2D eigenvalue weighted by molar-refractivity contribution is 6.31. The molecule has 12 nitrogen and oxygen atoms in total.